The molecule has 0 radical (unpaired) electrons. The first-order valence-electron chi connectivity index (χ1n) is 7.35. The molecule has 0 unspecified atom stereocenters. The number of hydrogen-bond donors (Lipinski definition) is 0. The average Bonchev–Trinajstić information content (AvgIpc) is 3.07. The Morgan fingerprint density at radius 2 is 1.95 bits per heavy atom. The van der Waals surface area contributed by atoms with E-state index < -0.39 is 0 Å². The van der Waals surface area contributed by atoms with Crippen molar-refractivity contribution in [3.63, 3.8) is 0 Å². The predicted molar refractivity (Wildman–Crippen MR) is 73.4 cm³/mol. The SMILES string of the molecule is Cc1onc(Cc2nc(C3CCC(C)CC3)no2)c1C#N. The van der Waals surface area contributed by atoms with E-state index >= 15 is 0 Å². The van der Waals surface area contributed by atoms with Gasteiger partial charge in [-0.3, -0.25) is 0 Å². The summed E-state index contributed by atoms with van der Waals surface area (Å²) in [5, 5.41) is 17.1. The molecule has 2 aromatic rings. The first kappa shape index (κ1) is 13.8. The zero-order chi connectivity index (χ0) is 14.8. The Morgan fingerprint density at radius 3 is 2.67 bits per heavy atom. The Hall–Kier alpha value is -2.16. The summed E-state index contributed by atoms with van der Waals surface area (Å²) < 4.78 is 10.3. The molecule has 1 aliphatic rings. The number of nitriles is 1. The van der Waals surface area contributed by atoms with Crippen molar-refractivity contribution in [1.82, 2.24) is 15.3 Å². The zero-order valence-electron chi connectivity index (χ0n) is 12.3. The molecule has 0 aliphatic heterocycles. The van der Waals surface area contributed by atoms with Crippen molar-refractivity contribution in [3.8, 4) is 6.07 Å². The minimum atomic E-state index is 0.344. The van der Waals surface area contributed by atoms with Crippen LogP contribution in [0.15, 0.2) is 9.05 Å². The van der Waals surface area contributed by atoms with Gasteiger partial charge in [-0.25, -0.2) is 0 Å². The number of aromatic nitrogens is 3. The average molecular weight is 286 g/mol. The second-order valence-corrected chi connectivity index (χ2v) is 5.85. The third-order valence-electron chi connectivity index (χ3n) is 4.23. The van der Waals surface area contributed by atoms with Crippen LogP contribution in [-0.4, -0.2) is 15.3 Å². The van der Waals surface area contributed by atoms with Crippen molar-refractivity contribution < 1.29 is 9.05 Å². The van der Waals surface area contributed by atoms with Gasteiger partial charge in [0.1, 0.15) is 17.3 Å². The van der Waals surface area contributed by atoms with E-state index in [2.05, 4.69) is 28.3 Å². The molecule has 0 amide bonds. The maximum absolute atomic E-state index is 9.08. The molecule has 2 aromatic heterocycles. The van der Waals surface area contributed by atoms with Crippen LogP contribution in [0.5, 0.6) is 0 Å². The van der Waals surface area contributed by atoms with Crippen LogP contribution in [0.3, 0.4) is 0 Å². The van der Waals surface area contributed by atoms with E-state index in [0.29, 0.717) is 35.2 Å². The van der Waals surface area contributed by atoms with E-state index in [1.54, 1.807) is 6.92 Å². The fraction of sp³-hybridized carbons (Fsp3) is 0.600. The third kappa shape index (κ3) is 2.82. The lowest BCUT2D eigenvalue weighted by Gasteiger charge is -2.23. The molecule has 6 heteroatoms. The highest BCUT2D eigenvalue weighted by Crippen LogP contribution is 2.34. The Bertz CT molecular complexity index is 660. The molecule has 110 valence electrons. The lowest BCUT2D eigenvalue weighted by atomic mass is 9.83. The molecule has 0 saturated heterocycles. The highest BCUT2D eigenvalue weighted by molar-refractivity contribution is 5.36. The van der Waals surface area contributed by atoms with Crippen LogP contribution >= 0.6 is 0 Å². The molecule has 21 heavy (non-hydrogen) atoms. The predicted octanol–water partition coefficient (Wildman–Crippen LogP) is 3.12. The van der Waals surface area contributed by atoms with Gasteiger partial charge in [0.15, 0.2) is 11.6 Å². The van der Waals surface area contributed by atoms with Crippen LogP contribution in [0.25, 0.3) is 0 Å². The molecule has 2 heterocycles. The van der Waals surface area contributed by atoms with Gasteiger partial charge in [0, 0.05) is 5.92 Å². The largest absolute Gasteiger partial charge is 0.360 e. The van der Waals surface area contributed by atoms with E-state index in [9.17, 15) is 0 Å². The maximum Gasteiger partial charge on any atom is 0.232 e. The standard InChI is InChI=1S/C15H18N4O2/c1-9-3-5-11(6-4-9)15-17-14(21-19-15)7-13-12(8-16)10(2)20-18-13/h9,11H,3-7H2,1-2H3. The quantitative estimate of drug-likeness (QED) is 0.861. The first-order chi connectivity index (χ1) is 10.2. The lowest BCUT2D eigenvalue weighted by Crippen LogP contribution is -2.12. The van der Waals surface area contributed by atoms with E-state index in [0.717, 1.165) is 24.6 Å². The van der Waals surface area contributed by atoms with E-state index in [4.69, 9.17) is 14.3 Å². The molecule has 1 aliphatic carbocycles. The Balaban J connectivity index is 1.72. The van der Waals surface area contributed by atoms with Gasteiger partial charge in [-0.1, -0.05) is 30.1 Å². The molecule has 0 spiro atoms. The van der Waals surface area contributed by atoms with Crippen LogP contribution in [0.2, 0.25) is 0 Å². The van der Waals surface area contributed by atoms with Gasteiger partial charge in [-0.2, -0.15) is 10.2 Å². The Kier molecular flexibility index (Phi) is 3.74. The Labute approximate surface area is 123 Å². The lowest BCUT2D eigenvalue weighted by molar-refractivity contribution is 0.324. The highest BCUT2D eigenvalue weighted by atomic mass is 16.5. The normalized spacial score (nSPS) is 22.1. The van der Waals surface area contributed by atoms with Gasteiger partial charge >= 0.3 is 0 Å². The van der Waals surface area contributed by atoms with E-state index in [1.807, 2.05) is 0 Å². The van der Waals surface area contributed by atoms with Crippen molar-refractivity contribution in [1.29, 1.82) is 5.26 Å². The zero-order valence-corrected chi connectivity index (χ0v) is 12.3. The summed E-state index contributed by atoms with van der Waals surface area (Å²) in [7, 11) is 0. The van der Waals surface area contributed by atoms with Crippen molar-refractivity contribution in [2.45, 2.75) is 51.9 Å². The summed E-state index contributed by atoms with van der Waals surface area (Å²) >= 11 is 0. The second kappa shape index (κ2) is 5.68. The van der Waals surface area contributed by atoms with Gasteiger partial charge in [0.25, 0.3) is 0 Å². The van der Waals surface area contributed by atoms with Gasteiger partial charge in [0.05, 0.1) is 6.42 Å². The van der Waals surface area contributed by atoms with Crippen molar-refractivity contribution in [3.05, 3.63) is 28.7 Å². The number of aryl methyl sites for hydroxylation is 1. The minimum absolute atomic E-state index is 0.344. The van der Waals surface area contributed by atoms with Crippen LogP contribution in [0.4, 0.5) is 0 Å². The smallest absolute Gasteiger partial charge is 0.232 e. The Morgan fingerprint density at radius 1 is 1.19 bits per heavy atom. The second-order valence-electron chi connectivity index (χ2n) is 5.85. The maximum atomic E-state index is 9.08. The van der Waals surface area contributed by atoms with Gasteiger partial charge in [0.2, 0.25) is 5.89 Å². The van der Waals surface area contributed by atoms with Crippen molar-refractivity contribution >= 4 is 0 Å². The van der Waals surface area contributed by atoms with Crippen LogP contribution in [0, 0.1) is 24.2 Å². The molecule has 1 fully saturated rings. The van der Waals surface area contributed by atoms with Crippen LogP contribution < -0.4 is 0 Å². The van der Waals surface area contributed by atoms with Crippen molar-refractivity contribution in [2.24, 2.45) is 5.92 Å². The van der Waals surface area contributed by atoms with Crippen LogP contribution in [0.1, 0.15) is 67.3 Å². The molecule has 3 rings (SSSR count). The number of nitrogens with zero attached hydrogens (tertiary/aromatic N) is 4. The summed E-state index contributed by atoms with van der Waals surface area (Å²) in [5.41, 5.74) is 1.02. The minimum Gasteiger partial charge on any atom is -0.360 e. The summed E-state index contributed by atoms with van der Waals surface area (Å²) in [6.45, 7) is 4.01. The number of hydrogen-bond acceptors (Lipinski definition) is 6. The van der Waals surface area contributed by atoms with Gasteiger partial charge in [-0.15, -0.1) is 0 Å². The third-order valence-corrected chi connectivity index (χ3v) is 4.23. The molecule has 0 atom stereocenters. The van der Waals surface area contributed by atoms with E-state index in [1.165, 1.54) is 12.8 Å². The van der Waals surface area contributed by atoms with Gasteiger partial charge in [-0.05, 0) is 25.7 Å². The van der Waals surface area contributed by atoms with Crippen molar-refractivity contribution in [2.75, 3.05) is 0 Å². The summed E-state index contributed by atoms with van der Waals surface area (Å²) in [5.74, 6) is 3.00. The molecule has 0 aromatic carbocycles. The summed E-state index contributed by atoms with van der Waals surface area (Å²) in [6.07, 6.45) is 5.01. The number of rotatable bonds is 3. The molecular formula is C15H18N4O2. The topological polar surface area (TPSA) is 88.7 Å². The molecule has 1 saturated carbocycles. The summed E-state index contributed by atoms with van der Waals surface area (Å²) in [4.78, 5) is 4.47. The highest BCUT2D eigenvalue weighted by Gasteiger charge is 2.24. The van der Waals surface area contributed by atoms with Crippen LogP contribution in [-0.2, 0) is 6.42 Å². The fourth-order valence-corrected chi connectivity index (χ4v) is 2.85. The summed E-state index contributed by atoms with van der Waals surface area (Å²) in [6, 6.07) is 2.09. The monoisotopic (exact) mass is 286 g/mol. The molecule has 0 N–H and O–H groups in total. The molecule has 0 bridgehead atoms. The first-order valence-corrected chi connectivity index (χ1v) is 7.35. The van der Waals surface area contributed by atoms with E-state index in [-0.39, 0.29) is 0 Å². The molecule has 6 nitrogen and oxygen atoms in total. The van der Waals surface area contributed by atoms with Gasteiger partial charge < -0.3 is 9.05 Å². The molecular weight excluding hydrogens is 268 g/mol. The fourth-order valence-electron chi connectivity index (χ4n) is 2.85.